The maximum Gasteiger partial charge on any atom is 0.200 e. The van der Waals surface area contributed by atoms with E-state index in [0.717, 1.165) is 5.56 Å². The highest BCUT2D eigenvalue weighted by Gasteiger charge is 2.17. The van der Waals surface area contributed by atoms with Crippen molar-refractivity contribution in [1.29, 1.82) is 0 Å². The van der Waals surface area contributed by atoms with E-state index in [1.54, 1.807) is 6.20 Å². The summed E-state index contributed by atoms with van der Waals surface area (Å²) in [7, 11) is 0. The third-order valence-corrected chi connectivity index (χ3v) is 2.97. The maximum absolute atomic E-state index is 9.58. The van der Waals surface area contributed by atoms with Crippen LogP contribution in [0.1, 0.15) is 17.3 Å². The monoisotopic (exact) mass is 255 g/mol. The van der Waals surface area contributed by atoms with E-state index in [4.69, 9.17) is 5.73 Å². The second-order valence-electron chi connectivity index (χ2n) is 4.23. The second-order valence-corrected chi connectivity index (χ2v) is 4.23. The van der Waals surface area contributed by atoms with Gasteiger partial charge in [-0.1, -0.05) is 30.3 Å². The molecule has 6 heteroatoms. The lowest BCUT2D eigenvalue weighted by molar-refractivity contribution is 0.277. The highest BCUT2D eigenvalue weighted by atomic mass is 16.3. The number of aromatic amines is 1. The average Bonchev–Trinajstić information content (AvgIpc) is 2.80. The van der Waals surface area contributed by atoms with Crippen molar-refractivity contribution in [2.45, 2.75) is 5.92 Å². The summed E-state index contributed by atoms with van der Waals surface area (Å²) in [4.78, 5) is 15.6. The molecule has 0 amide bonds. The first-order valence-electron chi connectivity index (χ1n) is 5.92. The van der Waals surface area contributed by atoms with E-state index in [-0.39, 0.29) is 12.5 Å². The van der Waals surface area contributed by atoms with Crippen molar-refractivity contribution in [2.75, 3.05) is 12.3 Å². The lowest BCUT2D eigenvalue weighted by atomic mass is 9.99. The minimum Gasteiger partial charge on any atom is -0.395 e. The number of benzene rings is 1. The van der Waals surface area contributed by atoms with Crippen LogP contribution in [0.2, 0.25) is 0 Å². The number of nitrogen functional groups attached to an aromatic ring is 1. The molecule has 0 aliphatic heterocycles. The van der Waals surface area contributed by atoms with Crippen LogP contribution in [0.3, 0.4) is 0 Å². The number of rotatable bonds is 3. The molecule has 6 nitrogen and oxygen atoms in total. The second kappa shape index (κ2) is 4.66. The van der Waals surface area contributed by atoms with E-state index in [1.165, 1.54) is 0 Å². The van der Waals surface area contributed by atoms with Crippen LogP contribution in [-0.4, -0.2) is 31.6 Å². The molecule has 0 saturated heterocycles. The number of H-pyrrole nitrogens is 1. The van der Waals surface area contributed by atoms with Gasteiger partial charge >= 0.3 is 0 Å². The van der Waals surface area contributed by atoms with E-state index in [1.807, 2.05) is 30.3 Å². The van der Waals surface area contributed by atoms with Crippen molar-refractivity contribution >= 4 is 17.1 Å². The first-order valence-corrected chi connectivity index (χ1v) is 5.92. The molecule has 0 radical (unpaired) electrons. The summed E-state index contributed by atoms with van der Waals surface area (Å²) in [5.41, 5.74) is 7.74. The topological polar surface area (TPSA) is 101 Å². The number of nitrogens with zero attached hydrogens (tertiary/aromatic N) is 3. The van der Waals surface area contributed by atoms with Crippen LogP contribution in [0.5, 0.6) is 0 Å². The van der Waals surface area contributed by atoms with Crippen LogP contribution in [0.4, 0.5) is 5.95 Å². The molecule has 0 bridgehead atoms. The van der Waals surface area contributed by atoms with E-state index < -0.39 is 0 Å². The maximum atomic E-state index is 9.58. The lowest BCUT2D eigenvalue weighted by Gasteiger charge is -2.12. The molecule has 0 fully saturated rings. The lowest BCUT2D eigenvalue weighted by Crippen LogP contribution is -2.10. The summed E-state index contributed by atoms with van der Waals surface area (Å²) in [6, 6.07) is 9.64. The molecule has 3 rings (SSSR count). The van der Waals surface area contributed by atoms with Crippen LogP contribution < -0.4 is 5.73 Å². The van der Waals surface area contributed by atoms with Gasteiger partial charge in [-0.05, 0) is 5.56 Å². The van der Waals surface area contributed by atoms with E-state index in [2.05, 4.69) is 19.9 Å². The number of imidazole rings is 1. The number of nitrogens with one attached hydrogen (secondary N) is 1. The van der Waals surface area contributed by atoms with Gasteiger partial charge < -0.3 is 15.8 Å². The molecule has 1 aromatic carbocycles. The van der Waals surface area contributed by atoms with E-state index in [0.29, 0.717) is 22.9 Å². The fourth-order valence-corrected chi connectivity index (χ4v) is 2.03. The Morgan fingerprint density at radius 1 is 1.21 bits per heavy atom. The van der Waals surface area contributed by atoms with Crippen LogP contribution in [0.25, 0.3) is 11.2 Å². The van der Waals surface area contributed by atoms with Gasteiger partial charge in [0.2, 0.25) is 0 Å². The van der Waals surface area contributed by atoms with Crippen molar-refractivity contribution in [3.05, 3.63) is 47.9 Å². The van der Waals surface area contributed by atoms with Crippen LogP contribution in [0.15, 0.2) is 36.5 Å². The molecule has 0 aliphatic rings. The fourth-order valence-electron chi connectivity index (χ4n) is 2.03. The van der Waals surface area contributed by atoms with Crippen LogP contribution >= 0.6 is 0 Å². The van der Waals surface area contributed by atoms with Crippen LogP contribution in [-0.2, 0) is 0 Å². The average molecular weight is 255 g/mol. The number of hydrogen-bond acceptors (Lipinski definition) is 5. The summed E-state index contributed by atoms with van der Waals surface area (Å²) in [5, 5.41) is 9.58. The number of aliphatic hydroxyl groups is 1. The Morgan fingerprint density at radius 3 is 2.74 bits per heavy atom. The number of aliphatic hydroxyl groups excluding tert-OH is 1. The highest BCUT2D eigenvalue weighted by molar-refractivity contribution is 5.71. The summed E-state index contributed by atoms with van der Waals surface area (Å²) in [6.07, 6.45) is 1.63. The smallest absolute Gasteiger partial charge is 0.200 e. The predicted molar refractivity (Wildman–Crippen MR) is 71.5 cm³/mol. The van der Waals surface area contributed by atoms with Gasteiger partial charge in [0.25, 0.3) is 0 Å². The minimum atomic E-state index is -0.261. The first-order chi connectivity index (χ1) is 9.28. The quantitative estimate of drug-likeness (QED) is 0.649. The number of fused-ring (bicyclic) bond motifs is 1. The molecular weight excluding hydrogens is 242 g/mol. The third kappa shape index (κ3) is 2.13. The fraction of sp³-hybridized carbons (Fsp3) is 0.154. The number of hydrogen-bond donors (Lipinski definition) is 3. The SMILES string of the molecule is Nc1nc2nc(C(CO)c3ccccc3)ncc2[nH]1. The molecule has 2 heterocycles. The van der Waals surface area contributed by atoms with Crippen molar-refractivity contribution in [1.82, 2.24) is 19.9 Å². The molecule has 3 aromatic rings. The zero-order chi connectivity index (χ0) is 13.2. The van der Waals surface area contributed by atoms with Crippen LogP contribution in [0, 0.1) is 0 Å². The zero-order valence-corrected chi connectivity index (χ0v) is 10.1. The van der Waals surface area contributed by atoms with Crippen molar-refractivity contribution in [3.8, 4) is 0 Å². The molecule has 1 unspecified atom stereocenters. The normalized spacial score (nSPS) is 12.7. The Balaban J connectivity index is 2.06. The largest absolute Gasteiger partial charge is 0.395 e. The summed E-state index contributed by atoms with van der Waals surface area (Å²) in [6.45, 7) is -0.0601. The van der Waals surface area contributed by atoms with Gasteiger partial charge in [-0.25, -0.2) is 9.97 Å². The molecule has 19 heavy (non-hydrogen) atoms. The Labute approximate surface area is 109 Å². The number of nitrogens with two attached hydrogens (primary N) is 1. The number of aromatic nitrogens is 4. The molecule has 1 atom stereocenters. The molecule has 4 N–H and O–H groups in total. The molecule has 0 saturated carbocycles. The van der Waals surface area contributed by atoms with Gasteiger partial charge in [-0.3, -0.25) is 0 Å². The molecule has 96 valence electrons. The Bertz CT molecular complexity index is 695. The molecule has 0 aliphatic carbocycles. The number of anilines is 1. The standard InChI is InChI=1S/C13H13N5O/c14-13-16-10-6-15-11(17-12(10)18-13)9(7-19)8-4-2-1-3-5-8/h1-6,9,19H,7H2,(H3,14,15,16,17,18). The molecule has 2 aromatic heterocycles. The van der Waals surface area contributed by atoms with Gasteiger partial charge in [-0.15, -0.1) is 0 Å². The molecule has 0 spiro atoms. The van der Waals surface area contributed by atoms with E-state index in [9.17, 15) is 5.11 Å². The van der Waals surface area contributed by atoms with Gasteiger partial charge in [0, 0.05) is 0 Å². The van der Waals surface area contributed by atoms with Gasteiger partial charge in [0.15, 0.2) is 11.6 Å². The van der Waals surface area contributed by atoms with Gasteiger partial charge in [-0.2, -0.15) is 4.98 Å². The Morgan fingerprint density at radius 2 is 2.00 bits per heavy atom. The minimum absolute atomic E-state index is 0.0601. The first kappa shape index (κ1) is 11.6. The summed E-state index contributed by atoms with van der Waals surface area (Å²) in [5.74, 6) is 0.581. The zero-order valence-electron chi connectivity index (χ0n) is 10.1. The van der Waals surface area contributed by atoms with Crippen molar-refractivity contribution in [2.24, 2.45) is 0 Å². The van der Waals surface area contributed by atoms with Crippen molar-refractivity contribution < 1.29 is 5.11 Å². The highest BCUT2D eigenvalue weighted by Crippen LogP contribution is 2.22. The summed E-state index contributed by atoms with van der Waals surface area (Å²) < 4.78 is 0. The third-order valence-electron chi connectivity index (χ3n) is 2.97. The van der Waals surface area contributed by atoms with Gasteiger partial charge in [0.1, 0.15) is 11.3 Å². The summed E-state index contributed by atoms with van der Waals surface area (Å²) >= 11 is 0. The Kier molecular flexibility index (Phi) is 2.85. The van der Waals surface area contributed by atoms with Gasteiger partial charge in [0.05, 0.1) is 18.7 Å². The Hall–Kier alpha value is -2.47. The predicted octanol–water partition coefficient (Wildman–Crippen LogP) is 1.06. The molecular formula is C13H13N5O. The van der Waals surface area contributed by atoms with E-state index >= 15 is 0 Å². The van der Waals surface area contributed by atoms with Crippen molar-refractivity contribution in [3.63, 3.8) is 0 Å².